The summed E-state index contributed by atoms with van der Waals surface area (Å²) in [5.41, 5.74) is 1.39. The zero-order valence-corrected chi connectivity index (χ0v) is 12.8. The lowest BCUT2D eigenvalue weighted by Crippen LogP contribution is -2.36. The number of benzene rings is 2. The van der Waals surface area contributed by atoms with Gasteiger partial charge in [-0.25, -0.2) is 4.39 Å². The van der Waals surface area contributed by atoms with Gasteiger partial charge >= 0.3 is 0 Å². The summed E-state index contributed by atoms with van der Waals surface area (Å²) >= 11 is 0. The first-order valence-electron chi connectivity index (χ1n) is 7.23. The molecule has 1 N–H and O–H groups in total. The minimum atomic E-state index is -0.364. The largest absolute Gasteiger partial charge is 0.491 e. The van der Waals surface area contributed by atoms with Crippen LogP contribution < -0.4 is 10.1 Å². The van der Waals surface area contributed by atoms with Crippen LogP contribution in [0.15, 0.2) is 48.5 Å². The number of nitrogens with zero attached hydrogens (tertiary/aromatic N) is 1. The lowest BCUT2D eigenvalue weighted by atomic mass is 10.1. The first kappa shape index (κ1) is 16.5. The van der Waals surface area contributed by atoms with E-state index in [4.69, 9.17) is 10.00 Å². The second-order valence-corrected chi connectivity index (χ2v) is 5.17. The number of hydrogen-bond donors (Lipinski definition) is 1. The fourth-order valence-corrected chi connectivity index (χ4v) is 1.99. The maximum absolute atomic E-state index is 13.0. The van der Waals surface area contributed by atoms with Crippen LogP contribution in [0.1, 0.15) is 22.8 Å². The predicted octanol–water partition coefficient (Wildman–Crippen LogP) is 3.09. The average molecular weight is 312 g/mol. The highest BCUT2D eigenvalue weighted by Gasteiger charge is 2.10. The zero-order chi connectivity index (χ0) is 16.7. The van der Waals surface area contributed by atoms with E-state index in [0.29, 0.717) is 17.7 Å². The van der Waals surface area contributed by atoms with E-state index in [0.717, 1.165) is 5.56 Å². The van der Waals surface area contributed by atoms with Gasteiger partial charge in [-0.3, -0.25) is 4.79 Å². The Morgan fingerprint density at radius 2 is 2.04 bits per heavy atom. The standard InChI is InChI=1S/C18H17FN2O2/c1-13(12-23-17-4-2-3-16(19)11-17)21-18(22)15-7-5-14(6-8-15)9-10-20/h2-8,11,13H,9,12H2,1H3,(H,21,22)/t13-/m0/s1. The Hall–Kier alpha value is -2.87. The third-order valence-electron chi connectivity index (χ3n) is 3.17. The van der Waals surface area contributed by atoms with Crippen LogP contribution in [-0.4, -0.2) is 18.6 Å². The summed E-state index contributed by atoms with van der Waals surface area (Å²) in [5.74, 6) is -0.160. The molecule has 0 aromatic heterocycles. The van der Waals surface area contributed by atoms with Crippen molar-refractivity contribution >= 4 is 5.91 Å². The quantitative estimate of drug-likeness (QED) is 0.891. The molecule has 1 amide bonds. The molecule has 0 fully saturated rings. The minimum Gasteiger partial charge on any atom is -0.491 e. The van der Waals surface area contributed by atoms with Crippen LogP contribution in [0.3, 0.4) is 0 Å². The molecule has 0 radical (unpaired) electrons. The molecular formula is C18H17FN2O2. The highest BCUT2D eigenvalue weighted by atomic mass is 19.1. The second kappa shape index (κ2) is 7.95. The van der Waals surface area contributed by atoms with Crippen molar-refractivity contribution in [1.82, 2.24) is 5.32 Å². The maximum atomic E-state index is 13.0. The summed E-state index contributed by atoms with van der Waals surface area (Å²) < 4.78 is 18.5. The smallest absolute Gasteiger partial charge is 0.251 e. The van der Waals surface area contributed by atoms with Crippen LogP contribution in [0.4, 0.5) is 4.39 Å². The lowest BCUT2D eigenvalue weighted by Gasteiger charge is -2.15. The number of halogens is 1. The molecule has 2 aromatic rings. The number of hydrogen-bond acceptors (Lipinski definition) is 3. The van der Waals surface area contributed by atoms with E-state index in [1.807, 2.05) is 0 Å². The summed E-state index contributed by atoms with van der Waals surface area (Å²) in [6.45, 7) is 2.04. The summed E-state index contributed by atoms with van der Waals surface area (Å²) in [6, 6.07) is 14.6. The van der Waals surface area contributed by atoms with Crippen molar-refractivity contribution < 1.29 is 13.9 Å². The molecule has 0 aliphatic carbocycles. The van der Waals surface area contributed by atoms with Crippen LogP contribution >= 0.6 is 0 Å². The molecule has 5 heteroatoms. The molecule has 118 valence electrons. The van der Waals surface area contributed by atoms with E-state index in [2.05, 4.69) is 11.4 Å². The summed E-state index contributed by atoms with van der Waals surface area (Å²) in [4.78, 5) is 12.1. The second-order valence-electron chi connectivity index (χ2n) is 5.17. The summed E-state index contributed by atoms with van der Waals surface area (Å²) in [5, 5.41) is 11.4. The fourth-order valence-electron chi connectivity index (χ4n) is 1.99. The highest BCUT2D eigenvalue weighted by molar-refractivity contribution is 5.94. The molecule has 0 bridgehead atoms. The number of ether oxygens (including phenoxy) is 1. The van der Waals surface area contributed by atoms with Crippen LogP contribution in [0.2, 0.25) is 0 Å². The van der Waals surface area contributed by atoms with Gasteiger partial charge in [0.1, 0.15) is 18.2 Å². The molecule has 0 spiro atoms. The average Bonchev–Trinajstić information content (AvgIpc) is 2.54. The number of carbonyl (C=O) groups is 1. The van der Waals surface area contributed by atoms with Gasteiger partial charge in [0.25, 0.3) is 5.91 Å². The molecule has 1 atom stereocenters. The van der Waals surface area contributed by atoms with Gasteiger partial charge in [0.05, 0.1) is 18.5 Å². The van der Waals surface area contributed by atoms with Crippen LogP contribution in [0.5, 0.6) is 5.75 Å². The fraction of sp³-hybridized carbons (Fsp3) is 0.222. The Labute approximate surface area is 134 Å². The molecule has 0 aliphatic heterocycles. The Kier molecular flexibility index (Phi) is 5.70. The first-order valence-corrected chi connectivity index (χ1v) is 7.23. The molecule has 0 heterocycles. The molecule has 0 aliphatic rings. The van der Waals surface area contributed by atoms with Gasteiger partial charge in [-0.15, -0.1) is 0 Å². The van der Waals surface area contributed by atoms with Gasteiger partial charge in [0.2, 0.25) is 0 Å². The van der Waals surface area contributed by atoms with Crippen molar-refractivity contribution in [2.75, 3.05) is 6.61 Å². The number of nitrogens with one attached hydrogen (secondary N) is 1. The van der Waals surface area contributed by atoms with Gasteiger partial charge in [-0.05, 0) is 36.8 Å². The molecule has 0 saturated carbocycles. The van der Waals surface area contributed by atoms with Crippen molar-refractivity contribution in [3.8, 4) is 11.8 Å². The molecule has 4 nitrogen and oxygen atoms in total. The molecule has 2 rings (SSSR count). The summed E-state index contributed by atoms with van der Waals surface area (Å²) in [7, 11) is 0. The predicted molar refractivity (Wildman–Crippen MR) is 84.6 cm³/mol. The van der Waals surface area contributed by atoms with Gasteiger partial charge in [-0.2, -0.15) is 5.26 Å². The molecular weight excluding hydrogens is 295 g/mol. The zero-order valence-electron chi connectivity index (χ0n) is 12.8. The topological polar surface area (TPSA) is 62.1 Å². The third kappa shape index (κ3) is 5.11. The maximum Gasteiger partial charge on any atom is 0.251 e. The van der Waals surface area contributed by atoms with Crippen molar-refractivity contribution in [2.24, 2.45) is 0 Å². The molecule has 0 saturated heterocycles. The first-order chi connectivity index (χ1) is 11.1. The van der Waals surface area contributed by atoms with Crippen molar-refractivity contribution in [1.29, 1.82) is 5.26 Å². The highest BCUT2D eigenvalue weighted by Crippen LogP contribution is 2.12. The third-order valence-corrected chi connectivity index (χ3v) is 3.17. The van der Waals surface area contributed by atoms with Gasteiger partial charge in [0, 0.05) is 11.6 Å². The van der Waals surface area contributed by atoms with E-state index >= 15 is 0 Å². The monoisotopic (exact) mass is 312 g/mol. The van der Waals surface area contributed by atoms with Crippen LogP contribution in [-0.2, 0) is 6.42 Å². The number of amides is 1. The van der Waals surface area contributed by atoms with E-state index in [1.165, 1.54) is 12.1 Å². The normalized spacial score (nSPS) is 11.3. The van der Waals surface area contributed by atoms with Gasteiger partial charge in [-0.1, -0.05) is 18.2 Å². The molecule has 2 aromatic carbocycles. The van der Waals surface area contributed by atoms with Gasteiger partial charge in [0.15, 0.2) is 0 Å². The van der Waals surface area contributed by atoms with Crippen molar-refractivity contribution in [2.45, 2.75) is 19.4 Å². The van der Waals surface area contributed by atoms with Crippen LogP contribution in [0.25, 0.3) is 0 Å². The van der Waals surface area contributed by atoms with Crippen molar-refractivity contribution in [3.05, 3.63) is 65.5 Å². The van der Waals surface area contributed by atoms with E-state index < -0.39 is 0 Å². The Morgan fingerprint density at radius 1 is 1.30 bits per heavy atom. The molecule has 0 unspecified atom stereocenters. The lowest BCUT2D eigenvalue weighted by molar-refractivity contribution is 0.0926. The van der Waals surface area contributed by atoms with Gasteiger partial charge < -0.3 is 10.1 Å². The van der Waals surface area contributed by atoms with E-state index in [1.54, 1.807) is 43.3 Å². The SMILES string of the molecule is C[C@@H](COc1cccc(F)c1)NC(=O)c1ccc(CC#N)cc1. The van der Waals surface area contributed by atoms with Crippen LogP contribution in [0, 0.1) is 17.1 Å². The number of rotatable bonds is 6. The Morgan fingerprint density at radius 3 is 2.70 bits per heavy atom. The number of nitriles is 1. The Balaban J connectivity index is 1.85. The number of carbonyl (C=O) groups excluding carboxylic acids is 1. The minimum absolute atomic E-state index is 0.219. The molecule has 23 heavy (non-hydrogen) atoms. The van der Waals surface area contributed by atoms with Crippen molar-refractivity contribution in [3.63, 3.8) is 0 Å². The van der Waals surface area contributed by atoms with E-state index in [-0.39, 0.29) is 24.4 Å². The Bertz CT molecular complexity index is 708. The summed E-state index contributed by atoms with van der Waals surface area (Å²) in [6.07, 6.45) is 0.319. The van der Waals surface area contributed by atoms with E-state index in [9.17, 15) is 9.18 Å².